The molecule has 144 valence electrons. The number of piperidine rings is 1. The highest BCUT2D eigenvalue weighted by atomic mass is 16.3. The highest BCUT2D eigenvalue weighted by molar-refractivity contribution is 5.68. The van der Waals surface area contributed by atoms with Gasteiger partial charge in [-0.25, -0.2) is 4.98 Å². The summed E-state index contributed by atoms with van der Waals surface area (Å²) in [7, 11) is 2.18. The fourth-order valence-electron chi connectivity index (χ4n) is 4.06. The molecule has 9 heteroatoms. The Bertz CT molecular complexity index is 956. The minimum absolute atomic E-state index is 0.0906. The Kier molecular flexibility index (Phi) is 3.97. The van der Waals surface area contributed by atoms with E-state index in [1.165, 1.54) is 17.6 Å². The van der Waals surface area contributed by atoms with E-state index in [1.54, 1.807) is 30.7 Å². The molecule has 2 aliphatic heterocycles. The summed E-state index contributed by atoms with van der Waals surface area (Å²) in [5.41, 5.74) is 2.21. The van der Waals surface area contributed by atoms with Gasteiger partial charge in [-0.1, -0.05) is 0 Å². The van der Waals surface area contributed by atoms with Crippen molar-refractivity contribution in [2.45, 2.75) is 12.8 Å². The van der Waals surface area contributed by atoms with Crippen molar-refractivity contribution in [1.82, 2.24) is 35.1 Å². The standard InChI is InChI=1S/C19H22N8O/c1-25-8-4-19(5-9-25)12-26(13-19)18-20-11-16(23-24-18)15-3-2-14(10-17(15)28)27-21-6-7-22-27/h2-3,6-7,10-11,28H,4-5,8-9,12-13H2,1H3. The zero-order valence-corrected chi connectivity index (χ0v) is 15.7. The summed E-state index contributed by atoms with van der Waals surface area (Å²) in [4.78, 5) is 10.5. The van der Waals surface area contributed by atoms with Crippen LogP contribution in [-0.4, -0.2) is 73.4 Å². The zero-order valence-electron chi connectivity index (χ0n) is 15.7. The van der Waals surface area contributed by atoms with E-state index in [0.717, 1.165) is 26.2 Å². The molecule has 4 heterocycles. The van der Waals surface area contributed by atoms with E-state index in [9.17, 15) is 5.11 Å². The number of nitrogens with zero attached hydrogens (tertiary/aromatic N) is 8. The first-order valence-electron chi connectivity index (χ1n) is 9.45. The number of anilines is 1. The van der Waals surface area contributed by atoms with Gasteiger partial charge >= 0.3 is 0 Å². The van der Waals surface area contributed by atoms with Gasteiger partial charge in [0.05, 0.1) is 24.3 Å². The Morgan fingerprint density at radius 1 is 1.04 bits per heavy atom. The van der Waals surface area contributed by atoms with Gasteiger partial charge in [0.25, 0.3) is 0 Å². The predicted molar refractivity (Wildman–Crippen MR) is 103 cm³/mol. The molecule has 1 spiro atoms. The largest absolute Gasteiger partial charge is 0.507 e. The van der Waals surface area contributed by atoms with E-state index in [2.05, 4.69) is 42.2 Å². The number of benzene rings is 1. The van der Waals surface area contributed by atoms with Crippen molar-refractivity contribution < 1.29 is 5.11 Å². The Labute approximate surface area is 162 Å². The molecule has 3 aromatic rings. The van der Waals surface area contributed by atoms with Gasteiger partial charge in [-0.15, -0.1) is 10.2 Å². The van der Waals surface area contributed by atoms with E-state index in [0.29, 0.717) is 28.3 Å². The van der Waals surface area contributed by atoms with E-state index in [1.807, 2.05) is 6.07 Å². The van der Waals surface area contributed by atoms with Crippen molar-refractivity contribution in [3.05, 3.63) is 36.8 Å². The van der Waals surface area contributed by atoms with Crippen LogP contribution in [0.2, 0.25) is 0 Å². The normalized spacial score (nSPS) is 19.0. The molecule has 1 N–H and O–H groups in total. The molecule has 0 amide bonds. The molecular weight excluding hydrogens is 356 g/mol. The molecule has 2 aliphatic rings. The summed E-state index contributed by atoms with van der Waals surface area (Å²) in [6.45, 7) is 4.32. The SMILES string of the molecule is CN1CCC2(CC1)CN(c1ncc(-c3ccc(-n4nccn4)cc3O)nn1)C2. The predicted octanol–water partition coefficient (Wildman–Crippen LogP) is 1.36. The number of hydrogen-bond acceptors (Lipinski definition) is 8. The molecule has 2 saturated heterocycles. The van der Waals surface area contributed by atoms with Crippen LogP contribution >= 0.6 is 0 Å². The maximum Gasteiger partial charge on any atom is 0.245 e. The third kappa shape index (κ3) is 2.97. The van der Waals surface area contributed by atoms with Crippen LogP contribution in [0.4, 0.5) is 5.95 Å². The Balaban J connectivity index is 1.30. The van der Waals surface area contributed by atoms with Crippen LogP contribution in [0.3, 0.4) is 0 Å². The summed E-state index contributed by atoms with van der Waals surface area (Å²) in [5, 5.41) is 27.1. The molecule has 0 unspecified atom stereocenters. The highest BCUT2D eigenvalue weighted by Gasteiger charge is 2.45. The van der Waals surface area contributed by atoms with Gasteiger partial charge in [0.2, 0.25) is 5.95 Å². The summed E-state index contributed by atoms with van der Waals surface area (Å²) in [6.07, 6.45) is 7.31. The van der Waals surface area contributed by atoms with Gasteiger partial charge in [-0.2, -0.15) is 15.0 Å². The van der Waals surface area contributed by atoms with Crippen molar-refractivity contribution in [1.29, 1.82) is 0 Å². The average Bonchev–Trinajstić information content (AvgIpc) is 3.22. The number of likely N-dealkylation sites (tertiary alicyclic amines) is 1. The van der Waals surface area contributed by atoms with Crippen molar-refractivity contribution in [3.8, 4) is 22.7 Å². The van der Waals surface area contributed by atoms with Crippen molar-refractivity contribution in [3.63, 3.8) is 0 Å². The lowest BCUT2D eigenvalue weighted by molar-refractivity contribution is 0.0893. The van der Waals surface area contributed by atoms with Gasteiger partial charge in [0.15, 0.2) is 0 Å². The first-order chi connectivity index (χ1) is 13.6. The van der Waals surface area contributed by atoms with E-state index in [4.69, 9.17) is 0 Å². The molecule has 2 fully saturated rings. The summed E-state index contributed by atoms with van der Waals surface area (Å²) < 4.78 is 0. The second-order valence-electron chi connectivity index (χ2n) is 7.82. The topological polar surface area (TPSA) is 96.1 Å². The van der Waals surface area contributed by atoms with Crippen LogP contribution < -0.4 is 4.90 Å². The van der Waals surface area contributed by atoms with Crippen LogP contribution in [0.25, 0.3) is 16.9 Å². The second kappa shape index (κ2) is 6.52. The lowest BCUT2D eigenvalue weighted by Gasteiger charge is -2.53. The van der Waals surface area contributed by atoms with Crippen molar-refractivity contribution in [2.24, 2.45) is 5.41 Å². The van der Waals surface area contributed by atoms with Crippen LogP contribution in [-0.2, 0) is 0 Å². The van der Waals surface area contributed by atoms with Gasteiger partial charge in [0.1, 0.15) is 11.4 Å². The molecular formula is C19H22N8O. The number of aromatic hydroxyl groups is 1. The minimum atomic E-state index is 0.0906. The molecule has 2 aromatic heterocycles. The summed E-state index contributed by atoms with van der Waals surface area (Å²) in [5.74, 6) is 0.748. The van der Waals surface area contributed by atoms with E-state index < -0.39 is 0 Å². The number of rotatable bonds is 3. The lowest BCUT2D eigenvalue weighted by Crippen LogP contribution is -2.60. The Hall–Kier alpha value is -3.07. The lowest BCUT2D eigenvalue weighted by atomic mass is 9.72. The molecule has 0 atom stereocenters. The van der Waals surface area contributed by atoms with Crippen molar-refractivity contribution >= 4 is 5.95 Å². The average molecular weight is 378 g/mol. The quantitative estimate of drug-likeness (QED) is 0.730. The van der Waals surface area contributed by atoms with Crippen LogP contribution in [0.1, 0.15) is 12.8 Å². The fraction of sp³-hybridized carbons (Fsp3) is 0.421. The monoisotopic (exact) mass is 378 g/mol. The highest BCUT2D eigenvalue weighted by Crippen LogP contribution is 2.41. The molecule has 0 radical (unpaired) electrons. The van der Waals surface area contributed by atoms with E-state index in [-0.39, 0.29) is 5.75 Å². The summed E-state index contributed by atoms with van der Waals surface area (Å²) in [6, 6.07) is 5.20. The maximum atomic E-state index is 10.4. The second-order valence-corrected chi connectivity index (χ2v) is 7.82. The molecule has 0 aliphatic carbocycles. The Morgan fingerprint density at radius 2 is 1.79 bits per heavy atom. The molecule has 5 rings (SSSR count). The number of hydrogen-bond donors (Lipinski definition) is 1. The van der Waals surface area contributed by atoms with Crippen LogP contribution in [0.5, 0.6) is 5.75 Å². The van der Waals surface area contributed by atoms with E-state index >= 15 is 0 Å². The first kappa shape index (κ1) is 17.1. The summed E-state index contributed by atoms with van der Waals surface area (Å²) >= 11 is 0. The third-order valence-electron chi connectivity index (χ3n) is 5.84. The van der Waals surface area contributed by atoms with Crippen molar-refractivity contribution in [2.75, 3.05) is 38.1 Å². The molecule has 28 heavy (non-hydrogen) atoms. The van der Waals surface area contributed by atoms with Crippen LogP contribution in [0, 0.1) is 5.41 Å². The Morgan fingerprint density at radius 3 is 2.43 bits per heavy atom. The maximum absolute atomic E-state index is 10.4. The molecule has 0 bridgehead atoms. The molecule has 9 nitrogen and oxygen atoms in total. The first-order valence-corrected chi connectivity index (χ1v) is 9.45. The van der Waals surface area contributed by atoms with Gasteiger partial charge in [-0.3, -0.25) is 0 Å². The molecule has 0 saturated carbocycles. The smallest absolute Gasteiger partial charge is 0.245 e. The minimum Gasteiger partial charge on any atom is -0.507 e. The zero-order chi connectivity index (χ0) is 19.1. The third-order valence-corrected chi connectivity index (χ3v) is 5.84. The van der Waals surface area contributed by atoms with Gasteiger partial charge in [-0.05, 0) is 45.1 Å². The van der Waals surface area contributed by atoms with Crippen LogP contribution in [0.15, 0.2) is 36.8 Å². The number of phenols is 1. The fourth-order valence-corrected chi connectivity index (χ4v) is 4.06. The number of phenolic OH excluding ortho intramolecular Hbond substituents is 1. The molecule has 1 aromatic carbocycles. The van der Waals surface area contributed by atoms with Gasteiger partial charge < -0.3 is 14.9 Å². The van der Waals surface area contributed by atoms with Gasteiger partial charge in [0, 0.05) is 30.1 Å². The number of aromatic nitrogens is 6.